The van der Waals surface area contributed by atoms with Gasteiger partial charge in [0.05, 0.1) is 5.41 Å². The normalized spacial score (nSPS) is 22.1. The Hall–Kier alpha value is -2.37. The minimum Gasteiger partial charge on any atom is -0.480 e. The number of amides is 2. The van der Waals surface area contributed by atoms with E-state index < -0.39 is 17.4 Å². The lowest BCUT2D eigenvalue weighted by atomic mass is 9.76. The molecule has 2 fully saturated rings. The Balaban J connectivity index is 1.83. The van der Waals surface area contributed by atoms with Crippen LogP contribution in [-0.2, 0) is 19.8 Å². The summed E-state index contributed by atoms with van der Waals surface area (Å²) in [5.41, 5.74) is -0.121. The van der Waals surface area contributed by atoms with E-state index in [0.29, 0.717) is 26.1 Å². The first-order valence-electron chi connectivity index (χ1n) is 9.51. The highest BCUT2D eigenvalue weighted by Crippen LogP contribution is 2.45. The van der Waals surface area contributed by atoms with E-state index in [1.807, 2.05) is 44.2 Å². The Labute approximate surface area is 160 Å². The van der Waals surface area contributed by atoms with Gasteiger partial charge in [-0.05, 0) is 44.1 Å². The second kappa shape index (κ2) is 6.98. The van der Waals surface area contributed by atoms with Crippen LogP contribution in [0.15, 0.2) is 30.3 Å². The molecule has 146 valence electrons. The highest BCUT2D eigenvalue weighted by Gasteiger charge is 2.52. The number of carboxylic acids is 1. The lowest BCUT2D eigenvalue weighted by Crippen LogP contribution is -2.49. The molecule has 0 bridgehead atoms. The van der Waals surface area contributed by atoms with Crippen molar-refractivity contribution in [3.8, 4) is 0 Å². The van der Waals surface area contributed by atoms with Crippen molar-refractivity contribution in [2.45, 2.75) is 51.5 Å². The van der Waals surface area contributed by atoms with E-state index in [9.17, 15) is 19.5 Å². The van der Waals surface area contributed by atoms with Gasteiger partial charge in [0.25, 0.3) is 0 Å². The molecule has 3 rings (SSSR count). The van der Waals surface area contributed by atoms with Gasteiger partial charge in [-0.2, -0.15) is 0 Å². The summed E-state index contributed by atoms with van der Waals surface area (Å²) < 4.78 is 0. The molecule has 2 aliphatic heterocycles. The molecule has 1 N–H and O–H groups in total. The van der Waals surface area contributed by atoms with E-state index in [4.69, 9.17) is 0 Å². The second-order valence-corrected chi connectivity index (χ2v) is 8.49. The Morgan fingerprint density at radius 2 is 1.70 bits per heavy atom. The largest absolute Gasteiger partial charge is 0.480 e. The zero-order valence-electron chi connectivity index (χ0n) is 16.3. The monoisotopic (exact) mass is 372 g/mol. The van der Waals surface area contributed by atoms with Gasteiger partial charge < -0.3 is 14.9 Å². The maximum atomic E-state index is 13.4. The van der Waals surface area contributed by atoms with Gasteiger partial charge in [-0.1, -0.05) is 30.3 Å². The van der Waals surface area contributed by atoms with Gasteiger partial charge in [-0.3, -0.25) is 9.59 Å². The lowest BCUT2D eigenvalue weighted by Gasteiger charge is -2.39. The molecule has 2 aliphatic rings. The molecule has 0 unspecified atom stereocenters. The quantitative estimate of drug-likeness (QED) is 0.883. The van der Waals surface area contributed by atoms with Gasteiger partial charge in [0.2, 0.25) is 11.8 Å². The van der Waals surface area contributed by atoms with Crippen LogP contribution in [-0.4, -0.2) is 58.4 Å². The van der Waals surface area contributed by atoms with Crippen molar-refractivity contribution in [1.82, 2.24) is 9.80 Å². The molecule has 1 aromatic carbocycles. The fourth-order valence-corrected chi connectivity index (χ4v) is 4.49. The van der Waals surface area contributed by atoms with Crippen LogP contribution < -0.4 is 0 Å². The van der Waals surface area contributed by atoms with Crippen molar-refractivity contribution in [3.63, 3.8) is 0 Å². The van der Waals surface area contributed by atoms with Crippen LogP contribution in [0.1, 0.15) is 45.6 Å². The average Bonchev–Trinajstić information content (AvgIpc) is 3.01. The van der Waals surface area contributed by atoms with E-state index >= 15 is 0 Å². The lowest BCUT2D eigenvalue weighted by molar-refractivity contribution is -0.150. The maximum absolute atomic E-state index is 13.4. The topological polar surface area (TPSA) is 77.9 Å². The number of hydrogen-bond acceptors (Lipinski definition) is 3. The summed E-state index contributed by atoms with van der Waals surface area (Å²) in [4.78, 5) is 40.3. The number of piperidine rings is 1. The second-order valence-electron chi connectivity index (χ2n) is 8.49. The van der Waals surface area contributed by atoms with Gasteiger partial charge in [0, 0.05) is 26.6 Å². The standard InChI is InChI=1S/C21H28N2O4/c1-15(24)22-11-9-21(10-12-22)13-17(18(25)26)23(14-21)19(27)20(2,3)16-7-5-4-6-8-16/h4-8,17H,9-14H2,1-3H3,(H,25,26)/t17-/m0/s1. The smallest absolute Gasteiger partial charge is 0.326 e. The molecule has 0 saturated carbocycles. The number of carboxylic acid groups (broad SMARTS) is 1. The van der Waals surface area contributed by atoms with Gasteiger partial charge in [0.1, 0.15) is 6.04 Å². The van der Waals surface area contributed by atoms with Crippen LogP contribution >= 0.6 is 0 Å². The van der Waals surface area contributed by atoms with E-state index in [-0.39, 0.29) is 17.2 Å². The summed E-state index contributed by atoms with van der Waals surface area (Å²) >= 11 is 0. The zero-order chi connectivity index (χ0) is 19.8. The van der Waals surface area contributed by atoms with E-state index in [0.717, 1.165) is 18.4 Å². The van der Waals surface area contributed by atoms with Gasteiger partial charge in [-0.15, -0.1) is 0 Å². The number of carbonyl (C=O) groups is 3. The minimum absolute atomic E-state index is 0.0516. The van der Waals surface area contributed by atoms with Crippen molar-refractivity contribution in [2.24, 2.45) is 5.41 Å². The molecule has 2 amide bonds. The summed E-state index contributed by atoms with van der Waals surface area (Å²) in [5.74, 6) is -1.04. The number of hydrogen-bond donors (Lipinski definition) is 1. The molecule has 6 nitrogen and oxygen atoms in total. The number of likely N-dealkylation sites (tertiary alicyclic amines) is 2. The number of carbonyl (C=O) groups excluding carboxylic acids is 2. The molecule has 1 spiro atoms. The van der Waals surface area contributed by atoms with Crippen LogP contribution in [0.25, 0.3) is 0 Å². The van der Waals surface area contributed by atoms with E-state index in [1.54, 1.807) is 16.7 Å². The minimum atomic E-state index is -0.946. The highest BCUT2D eigenvalue weighted by atomic mass is 16.4. The molecule has 27 heavy (non-hydrogen) atoms. The summed E-state index contributed by atoms with van der Waals surface area (Å²) in [5, 5.41) is 9.76. The molecule has 0 aliphatic carbocycles. The molecular formula is C21H28N2O4. The fraction of sp³-hybridized carbons (Fsp3) is 0.571. The molecule has 0 aromatic heterocycles. The van der Waals surface area contributed by atoms with Crippen LogP contribution in [0.5, 0.6) is 0 Å². The Morgan fingerprint density at radius 3 is 2.22 bits per heavy atom. The van der Waals surface area contributed by atoms with Crippen LogP contribution in [0, 0.1) is 5.41 Å². The van der Waals surface area contributed by atoms with E-state index in [1.165, 1.54) is 0 Å². The number of benzene rings is 1. The Bertz CT molecular complexity index is 736. The first-order chi connectivity index (χ1) is 12.7. The summed E-state index contributed by atoms with van der Waals surface area (Å²) in [6.45, 7) is 6.98. The first-order valence-corrected chi connectivity index (χ1v) is 9.51. The SMILES string of the molecule is CC(=O)N1CCC2(CC1)C[C@@H](C(=O)O)N(C(=O)C(C)(C)c1ccccc1)C2. The summed E-state index contributed by atoms with van der Waals surface area (Å²) in [6, 6.07) is 8.70. The van der Waals surface area contributed by atoms with Crippen molar-refractivity contribution < 1.29 is 19.5 Å². The van der Waals surface area contributed by atoms with Crippen molar-refractivity contribution in [3.05, 3.63) is 35.9 Å². The third-order valence-electron chi connectivity index (χ3n) is 6.35. The predicted octanol–water partition coefficient (Wildman–Crippen LogP) is 2.28. The van der Waals surface area contributed by atoms with E-state index in [2.05, 4.69) is 0 Å². The van der Waals surface area contributed by atoms with Crippen LogP contribution in [0.2, 0.25) is 0 Å². The predicted molar refractivity (Wildman–Crippen MR) is 101 cm³/mol. The molecule has 1 aromatic rings. The number of aliphatic carboxylic acids is 1. The number of rotatable bonds is 3. The van der Waals surface area contributed by atoms with Crippen LogP contribution in [0.3, 0.4) is 0 Å². The number of nitrogens with zero attached hydrogens (tertiary/aromatic N) is 2. The van der Waals surface area contributed by atoms with Gasteiger partial charge in [-0.25, -0.2) is 4.79 Å². The molecule has 6 heteroatoms. The van der Waals surface area contributed by atoms with Crippen molar-refractivity contribution in [1.29, 1.82) is 0 Å². The maximum Gasteiger partial charge on any atom is 0.326 e. The zero-order valence-corrected chi connectivity index (χ0v) is 16.3. The van der Waals surface area contributed by atoms with Crippen molar-refractivity contribution >= 4 is 17.8 Å². The summed E-state index contributed by atoms with van der Waals surface area (Å²) in [7, 11) is 0. The third kappa shape index (κ3) is 3.57. The highest BCUT2D eigenvalue weighted by molar-refractivity contribution is 5.91. The van der Waals surface area contributed by atoms with Crippen molar-refractivity contribution in [2.75, 3.05) is 19.6 Å². The summed E-state index contributed by atoms with van der Waals surface area (Å²) in [6.07, 6.45) is 1.95. The third-order valence-corrected chi connectivity index (χ3v) is 6.35. The molecule has 0 radical (unpaired) electrons. The molecule has 2 heterocycles. The first kappa shape index (κ1) is 19.4. The molecular weight excluding hydrogens is 344 g/mol. The molecule has 1 atom stereocenters. The fourth-order valence-electron chi connectivity index (χ4n) is 4.49. The Kier molecular flexibility index (Phi) is 5.02. The van der Waals surface area contributed by atoms with Crippen LogP contribution in [0.4, 0.5) is 0 Å². The average molecular weight is 372 g/mol. The van der Waals surface area contributed by atoms with Gasteiger partial charge >= 0.3 is 5.97 Å². The van der Waals surface area contributed by atoms with Gasteiger partial charge in [0.15, 0.2) is 0 Å². The Morgan fingerprint density at radius 1 is 1.11 bits per heavy atom. The molecule has 2 saturated heterocycles.